The maximum absolute atomic E-state index is 3.85. The molecule has 1 aliphatic rings. The standard InChI is InChI=1S/C12H19N/c1-4-11-7-9-13(6-3)10-8-12(11)5-2/h4-5H,1-2,6-10H2,3H3. The van der Waals surface area contributed by atoms with E-state index in [1.807, 2.05) is 12.2 Å². The van der Waals surface area contributed by atoms with Crippen LogP contribution in [0.1, 0.15) is 19.8 Å². The van der Waals surface area contributed by atoms with Gasteiger partial charge in [-0.05, 0) is 30.5 Å². The molecule has 0 radical (unpaired) electrons. The van der Waals surface area contributed by atoms with Crippen molar-refractivity contribution in [3.8, 4) is 0 Å². The van der Waals surface area contributed by atoms with Gasteiger partial charge in [0, 0.05) is 13.1 Å². The summed E-state index contributed by atoms with van der Waals surface area (Å²) in [6, 6.07) is 0. The molecule has 0 aliphatic carbocycles. The molecule has 0 saturated heterocycles. The number of allylic oxidation sites excluding steroid dienone is 2. The number of nitrogens with zero attached hydrogens (tertiary/aromatic N) is 1. The highest BCUT2D eigenvalue weighted by atomic mass is 15.1. The van der Waals surface area contributed by atoms with E-state index in [1.54, 1.807) is 0 Å². The first kappa shape index (κ1) is 10.3. The maximum Gasteiger partial charge on any atom is 0.00219 e. The van der Waals surface area contributed by atoms with Crippen molar-refractivity contribution in [3.05, 3.63) is 36.5 Å². The van der Waals surface area contributed by atoms with E-state index in [9.17, 15) is 0 Å². The Labute approximate surface area is 81.4 Å². The molecule has 0 bridgehead atoms. The predicted molar refractivity (Wildman–Crippen MR) is 58.8 cm³/mol. The van der Waals surface area contributed by atoms with Gasteiger partial charge in [0.1, 0.15) is 0 Å². The van der Waals surface area contributed by atoms with E-state index in [2.05, 4.69) is 25.0 Å². The van der Waals surface area contributed by atoms with Crippen LogP contribution in [0.4, 0.5) is 0 Å². The van der Waals surface area contributed by atoms with Gasteiger partial charge in [0.15, 0.2) is 0 Å². The molecule has 1 heterocycles. The normalized spacial score (nSPS) is 19.8. The number of rotatable bonds is 3. The summed E-state index contributed by atoms with van der Waals surface area (Å²) in [5.74, 6) is 0. The zero-order chi connectivity index (χ0) is 9.68. The fraction of sp³-hybridized carbons (Fsp3) is 0.500. The van der Waals surface area contributed by atoms with Gasteiger partial charge in [0.25, 0.3) is 0 Å². The molecule has 0 N–H and O–H groups in total. The Morgan fingerprint density at radius 1 is 1.15 bits per heavy atom. The summed E-state index contributed by atoms with van der Waals surface area (Å²) in [6.45, 7) is 13.4. The molecule has 1 aliphatic heterocycles. The lowest BCUT2D eigenvalue weighted by Crippen LogP contribution is -2.24. The van der Waals surface area contributed by atoms with Crippen LogP contribution in [0.5, 0.6) is 0 Å². The molecule has 0 saturated carbocycles. The van der Waals surface area contributed by atoms with Gasteiger partial charge in [-0.3, -0.25) is 0 Å². The van der Waals surface area contributed by atoms with E-state index in [0.717, 1.165) is 32.5 Å². The van der Waals surface area contributed by atoms with Gasteiger partial charge < -0.3 is 4.90 Å². The highest BCUT2D eigenvalue weighted by molar-refractivity contribution is 5.32. The van der Waals surface area contributed by atoms with Gasteiger partial charge in [-0.15, -0.1) is 0 Å². The fourth-order valence-electron chi connectivity index (χ4n) is 1.77. The lowest BCUT2D eigenvalue weighted by atomic mass is 10.0. The van der Waals surface area contributed by atoms with Crippen LogP contribution >= 0.6 is 0 Å². The van der Waals surface area contributed by atoms with E-state index < -0.39 is 0 Å². The summed E-state index contributed by atoms with van der Waals surface area (Å²) in [5, 5.41) is 0. The van der Waals surface area contributed by atoms with Gasteiger partial charge in [0.2, 0.25) is 0 Å². The van der Waals surface area contributed by atoms with Crippen molar-refractivity contribution in [1.29, 1.82) is 0 Å². The average Bonchev–Trinajstić information content (AvgIpc) is 2.38. The van der Waals surface area contributed by atoms with E-state index in [0.29, 0.717) is 0 Å². The molecule has 0 fully saturated rings. The second-order valence-corrected chi connectivity index (χ2v) is 3.39. The van der Waals surface area contributed by atoms with Crippen LogP contribution in [0.15, 0.2) is 36.5 Å². The summed E-state index contributed by atoms with van der Waals surface area (Å²) in [4.78, 5) is 2.47. The minimum absolute atomic E-state index is 1.12. The molecule has 1 heteroatoms. The highest BCUT2D eigenvalue weighted by Gasteiger charge is 2.11. The molecule has 1 nitrogen and oxygen atoms in total. The first-order valence-electron chi connectivity index (χ1n) is 5.01. The fourth-order valence-corrected chi connectivity index (χ4v) is 1.77. The van der Waals surface area contributed by atoms with E-state index in [4.69, 9.17) is 0 Å². The summed E-state index contributed by atoms with van der Waals surface area (Å²) in [7, 11) is 0. The Morgan fingerprint density at radius 2 is 1.62 bits per heavy atom. The Hall–Kier alpha value is -0.820. The monoisotopic (exact) mass is 177 g/mol. The summed E-state index contributed by atoms with van der Waals surface area (Å²) >= 11 is 0. The molecule has 13 heavy (non-hydrogen) atoms. The largest absolute Gasteiger partial charge is 0.303 e. The molecule has 1 rings (SSSR count). The third kappa shape index (κ3) is 2.56. The second kappa shape index (κ2) is 5.03. The van der Waals surface area contributed by atoms with Crippen molar-refractivity contribution < 1.29 is 0 Å². The van der Waals surface area contributed by atoms with Crippen molar-refractivity contribution in [3.63, 3.8) is 0 Å². The summed E-state index contributed by atoms with van der Waals surface area (Å²) in [6.07, 6.45) is 6.21. The minimum Gasteiger partial charge on any atom is -0.303 e. The molecular weight excluding hydrogens is 158 g/mol. The van der Waals surface area contributed by atoms with Crippen LogP contribution in [0.25, 0.3) is 0 Å². The van der Waals surface area contributed by atoms with Crippen molar-refractivity contribution in [2.24, 2.45) is 0 Å². The van der Waals surface area contributed by atoms with Crippen LogP contribution in [-0.4, -0.2) is 24.5 Å². The van der Waals surface area contributed by atoms with Crippen molar-refractivity contribution in [2.75, 3.05) is 19.6 Å². The Morgan fingerprint density at radius 3 is 1.92 bits per heavy atom. The van der Waals surface area contributed by atoms with Crippen LogP contribution < -0.4 is 0 Å². The van der Waals surface area contributed by atoms with Gasteiger partial charge >= 0.3 is 0 Å². The lowest BCUT2D eigenvalue weighted by Gasteiger charge is -2.16. The zero-order valence-corrected chi connectivity index (χ0v) is 8.55. The molecule has 0 unspecified atom stereocenters. The summed E-state index contributed by atoms with van der Waals surface area (Å²) < 4.78 is 0. The van der Waals surface area contributed by atoms with E-state index in [-0.39, 0.29) is 0 Å². The van der Waals surface area contributed by atoms with Gasteiger partial charge in [-0.1, -0.05) is 32.2 Å². The third-order valence-electron chi connectivity index (χ3n) is 2.75. The van der Waals surface area contributed by atoms with Crippen LogP contribution in [0.3, 0.4) is 0 Å². The van der Waals surface area contributed by atoms with Gasteiger partial charge in [-0.2, -0.15) is 0 Å². The van der Waals surface area contributed by atoms with Crippen molar-refractivity contribution in [1.82, 2.24) is 4.90 Å². The predicted octanol–water partition coefficient (Wildman–Crippen LogP) is 2.77. The third-order valence-corrected chi connectivity index (χ3v) is 2.75. The molecule has 0 amide bonds. The molecule has 0 atom stereocenters. The summed E-state index contributed by atoms with van der Waals surface area (Å²) in [5.41, 5.74) is 2.76. The lowest BCUT2D eigenvalue weighted by molar-refractivity contribution is 0.303. The van der Waals surface area contributed by atoms with Crippen LogP contribution in [0.2, 0.25) is 0 Å². The van der Waals surface area contributed by atoms with Crippen LogP contribution in [-0.2, 0) is 0 Å². The van der Waals surface area contributed by atoms with E-state index in [1.165, 1.54) is 11.1 Å². The minimum atomic E-state index is 1.12. The SMILES string of the molecule is C=CC1=C(C=C)CCN(CC)CC1. The average molecular weight is 177 g/mol. The smallest absolute Gasteiger partial charge is 0.00219 e. The zero-order valence-electron chi connectivity index (χ0n) is 8.55. The second-order valence-electron chi connectivity index (χ2n) is 3.39. The number of hydrogen-bond acceptors (Lipinski definition) is 1. The van der Waals surface area contributed by atoms with Gasteiger partial charge in [-0.25, -0.2) is 0 Å². The van der Waals surface area contributed by atoms with Gasteiger partial charge in [0.05, 0.1) is 0 Å². The Balaban J connectivity index is 2.71. The molecule has 72 valence electrons. The maximum atomic E-state index is 3.85. The molecule has 0 spiro atoms. The quantitative estimate of drug-likeness (QED) is 0.640. The Kier molecular flexibility index (Phi) is 3.97. The van der Waals surface area contributed by atoms with Crippen molar-refractivity contribution in [2.45, 2.75) is 19.8 Å². The topological polar surface area (TPSA) is 3.24 Å². The Bertz CT molecular complexity index is 203. The van der Waals surface area contributed by atoms with Crippen molar-refractivity contribution >= 4 is 0 Å². The molecule has 0 aromatic heterocycles. The number of hydrogen-bond donors (Lipinski definition) is 0. The molecular formula is C12H19N. The first-order valence-corrected chi connectivity index (χ1v) is 5.01. The first-order chi connectivity index (χ1) is 6.31. The molecule has 0 aromatic rings. The highest BCUT2D eigenvalue weighted by Crippen LogP contribution is 2.19. The van der Waals surface area contributed by atoms with E-state index >= 15 is 0 Å². The molecule has 0 aromatic carbocycles. The van der Waals surface area contributed by atoms with Crippen LogP contribution in [0, 0.1) is 0 Å².